The van der Waals surface area contributed by atoms with Gasteiger partial charge in [0.2, 0.25) is 5.91 Å². The van der Waals surface area contributed by atoms with Crippen LogP contribution in [0.4, 0.5) is 0 Å². The Bertz CT molecular complexity index is 136. The van der Waals surface area contributed by atoms with Gasteiger partial charge in [-0.2, -0.15) is 0 Å². The molecular weight excluding hydrogens is 132 g/mol. The summed E-state index contributed by atoms with van der Waals surface area (Å²) in [6, 6.07) is 0. The van der Waals surface area contributed by atoms with Crippen molar-refractivity contribution in [1.29, 1.82) is 5.41 Å². The number of amides is 1. The number of nitrogens with one attached hydrogen (secondary N) is 1. The average molecular weight is 144 g/mol. The third-order valence-corrected chi connectivity index (χ3v) is 0.421. The highest BCUT2D eigenvalue weighted by Gasteiger charge is 1.86. The molecule has 0 heterocycles. The maximum absolute atomic E-state index is 9.82. The average Bonchev–Trinajstić information content (AvgIpc) is 1.63. The normalized spacial score (nSPS) is 6.90. The maximum Gasteiger partial charge on any atom is 0.243 e. The minimum Gasteiger partial charge on any atom is -0.370 e. The lowest BCUT2D eigenvalue weighted by Gasteiger charge is -1.81. The van der Waals surface area contributed by atoms with E-state index in [1.807, 2.05) is 0 Å². The Balaban J connectivity index is 0. The summed E-state index contributed by atoms with van der Waals surface area (Å²) in [7, 11) is 0. The topological polar surface area (TPSA) is 119 Å². The van der Waals surface area contributed by atoms with Gasteiger partial charge in [-0.25, -0.2) is 0 Å². The fourth-order valence-electron chi connectivity index (χ4n) is 0. The van der Waals surface area contributed by atoms with Gasteiger partial charge in [0.15, 0.2) is 5.96 Å². The molecule has 0 aliphatic rings. The Morgan fingerprint density at radius 3 is 1.50 bits per heavy atom. The van der Waals surface area contributed by atoms with Crippen molar-refractivity contribution >= 4 is 11.9 Å². The van der Waals surface area contributed by atoms with Gasteiger partial charge in [0.05, 0.1) is 0 Å². The van der Waals surface area contributed by atoms with Crippen LogP contribution in [-0.4, -0.2) is 11.9 Å². The first-order chi connectivity index (χ1) is 4.37. The van der Waals surface area contributed by atoms with E-state index >= 15 is 0 Å². The molecule has 10 heavy (non-hydrogen) atoms. The molecule has 5 nitrogen and oxygen atoms in total. The molecule has 0 aliphatic carbocycles. The van der Waals surface area contributed by atoms with Gasteiger partial charge in [-0.05, 0) is 6.92 Å². The van der Waals surface area contributed by atoms with Gasteiger partial charge in [0.1, 0.15) is 0 Å². The highest BCUT2D eigenvalue weighted by molar-refractivity contribution is 5.90. The van der Waals surface area contributed by atoms with E-state index in [1.54, 1.807) is 6.92 Å². The van der Waals surface area contributed by atoms with Crippen molar-refractivity contribution in [3.05, 3.63) is 12.2 Å². The predicted molar refractivity (Wildman–Crippen MR) is 40.1 cm³/mol. The second-order valence-corrected chi connectivity index (χ2v) is 1.60. The molecular formula is C5H12N4O. The highest BCUT2D eigenvalue weighted by atomic mass is 16.1. The Kier molecular flexibility index (Phi) is 6.34. The second-order valence-electron chi connectivity index (χ2n) is 1.60. The molecule has 7 N–H and O–H groups in total. The summed E-state index contributed by atoms with van der Waals surface area (Å²) in [6.45, 7) is 4.85. The Morgan fingerprint density at radius 1 is 1.40 bits per heavy atom. The standard InChI is InChI=1S/C4H7NO.CH5N3/c1-3(2)4(5)6;2-1(3)4/h1H2,2H3,(H2,5,6);(H5,2,3,4). The van der Waals surface area contributed by atoms with Crippen LogP contribution in [0.15, 0.2) is 12.2 Å². The molecule has 0 saturated heterocycles. The molecule has 0 unspecified atom stereocenters. The van der Waals surface area contributed by atoms with Crippen molar-refractivity contribution in [2.24, 2.45) is 17.2 Å². The van der Waals surface area contributed by atoms with Crippen LogP contribution in [0.25, 0.3) is 0 Å². The lowest BCUT2D eigenvalue weighted by Crippen LogP contribution is -2.20. The summed E-state index contributed by atoms with van der Waals surface area (Å²) in [5.41, 5.74) is 14.0. The lowest BCUT2D eigenvalue weighted by atomic mass is 10.3. The number of rotatable bonds is 1. The van der Waals surface area contributed by atoms with Crippen molar-refractivity contribution in [3.8, 4) is 0 Å². The minimum absolute atomic E-state index is 0.333. The van der Waals surface area contributed by atoms with Crippen LogP contribution >= 0.6 is 0 Å². The maximum atomic E-state index is 9.82. The molecule has 0 aromatic carbocycles. The van der Waals surface area contributed by atoms with Crippen molar-refractivity contribution < 1.29 is 4.79 Å². The molecule has 0 atom stereocenters. The summed E-state index contributed by atoms with van der Waals surface area (Å²) >= 11 is 0. The van der Waals surface area contributed by atoms with E-state index in [-0.39, 0.29) is 5.96 Å². The Labute approximate surface area is 59.4 Å². The van der Waals surface area contributed by atoms with Crippen molar-refractivity contribution in [1.82, 2.24) is 0 Å². The molecule has 5 heteroatoms. The van der Waals surface area contributed by atoms with Crippen LogP contribution < -0.4 is 17.2 Å². The van der Waals surface area contributed by atoms with Gasteiger partial charge >= 0.3 is 0 Å². The third kappa shape index (κ3) is 31.6. The van der Waals surface area contributed by atoms with Crippen LogP contribution in [0.3, 0.4) is 0 Å². The number of primary amides is 1. The summed E-state index contributed by atoms with van der Waals surface area (Å²) in [4.78, 5) is 9.82. The molecule has 0 aromatic heterocycles. The molecule has 0 aliphatic heterocycles. The first kappa shape index (κ1) is 11.3. The van der Waals surface area contributed by atoms with Crippen LogP contribution in [-0.2, 0) is 4.79 Å². The van der Waals surface area contributed by atoms with Crippen LogP contribution in [0.2, 0.25) is 0 Å². The van der Waals surface area contributed by atoms with Crippen molar-refractivity contribution in [2.75, 3.05) is 0 Å². The minimum atomic E-state index is -0.435. The SMILES string of the molecule is C=C(C)C(N)=O.N=C(N)N. The van der Waals surface area contributed by atoms with Crippen LogP contribution in [0.1, 0.15) is 6.92 Å². The third-order valence-electron chi connectivity index (χ3n) is 0.421. The fraction of sp³-hybridized carbons (Fsp3) is 0.200. The number of hydrogen-bond acceptors (Lipinski definition) is 2. The second kappa shape index (κ2) is 5.61. The monoisotopic (exact) mass is 144 g/mol. The molecule has 1 amide bonds. The van der Waals surface area contributed by atoms with E-state index in [1.165, 1.54) is 0 Å². The molecule has 0 aromatic rings. The first-order valence-corrected chi connectivity index (χ1v) is 2.42. The zero-order valence-corrected chi connectivity index (χ0v) is 5.85. The van der Waals surface area contributed by atoms with E-state index in [9.17, 15) is 4.79 Å². The van der Waals surface area contributed by atoms with Crippen molar-refractivity contribution in [2.45, 2.75) is 6.92 Å². The van der Waals surface area contributed by atoms with Gasteiger partial charge in [-0.15, -0.1) is 0 Å². The molecule has 0 saturated carbocycles. The van der Waals surface area contributed by atoms with E-state index in [2.05, 4.69) is 18.0 Å². The van der Waals surface area contributed by atoms with Crippen molar-refractivity contribution in [3.63, 3.8) is 0 Å². The van der Waals surface area contributed by atoms with E-state index < -0.39 is 5.91 Å². The van der Waals surface area contributed by atoms with E-state index in [4.69, 9.17) is 11.1 Å². The number of guanidine groups is 1. The molecule has 0 rings (SSSR count). The smallest absolute Gasteiger partial charge is 0.243 e. The fourth-order valence-corrected chi connectivity index (χ4v) is 0. The van der Waals surface area contributed by atoms with Crippen LogP contribution in [0.5, 0.6) is 0 Å². The molecule has 0 spiro atoms. The van der Waals surface area contributed by atoms with Gasteiger partial charge in [0.25, 0.3) is 0 Å². The summed E-state index contributed by atoms with van der Waals surface area (Å²) in [5.74, 6) is -0.769. The van der Waals surface area contributed by atoms with Crippen LogP contribution in [0, 0.1) is 5.41 Å². The molecule has 58 valence electrons. The molecule has 0 bridgehead atoms. The molecule has 0 fully saturated rings. The summed E-state index contributed by atoms with van der Waals surface area (Å²) in [6.07, 6.45) is 0. The van der Waals surface area contributed by atoms with Gasteiger partial charge in [0, 0.05) is 5.57 Å². The largest absolute Gasteiger partial charge is 0.370 e. The number of hydrogen-bond donors (Lipinski definition) is 4. The Hall–Kier alpha value is -1.52. The lowest BCUT2D eigenvalue weighted by molar-refractivity contribution is -0.114. The van der Waals surface area contributed by atoms with Gasteiger partial charge in [-0.3, -0.25) is 10.2 Å². The van der Waals surface area contributed by atoms with E-state index in [0.29, 0.717) is 5.57 Å². The summed E-state index contributed by atoms with van der Waals surface area (Å²) in [5, 5.41) is 6.06. The zero-order valence-electron chi connectivity index (χ0n) is 5.85. The number of carbonyl (C=O) groups is 1. The van der Waals surface area contributed by atoms with E-state index in [0.717, 1.165) is 0 Å². The molecule has 0 radical (unpaired) electrons. The predicted octanol–water partition coefficient (Wildman–Crippen LogP) is -1.11. The quantitative estimate of drug-likeness (QED) is 0.212. The number of nitrogens with two attached hydrogens (primary N) is 3. The zero-order chi connectivity index (χ0) is 8.73. The van der Waals surface area contributed by atoms with Gasteiger partial charge in [-0.1, -0.05) is 6.58 Å². The number of carbonyl (C=O) groups excluding carboxylic acids is 1. The summed E-state index contributed by atoms with van der Waals surface area (Å²) < 4.78 is 0. The first-order valence-electron chi connectivity index (χ1n) is 2.42. The Morgan fingerprint density at radius 2 is 1.50 bits per heavy atom. The van der Waals surface area contributed by atoms with Gasteiger partial charge < -0.3 is 17.2 Å². The highest BCUT2D eigenvalue weighted by Crippen LogP contribution is 1.78.